The normalized spacial score (nSPS) is 17.0. The molecule has 0 spiro atoms. The Balaban J connectivity index is 7.14. The summed E-state index contributed by atoms with van der Waals surface area (Å²) in [6.45, 7) is 0. The van der Waals surface area contributed by atoms with Crippen molar-refractivity contribution in [2.24, 2.45) is 0 Å². The van der Waals surface area contributed by atoms with E-state index >= 15 is 0 Å². The van der Waals surface area contributed by atoms with E-state index in [1.807, 2.05) is 0 Å². The highest BCUT2D eigenvalue weighted by Gasteiger charge is 2.96. The number of rotatable bonds is 10. The van der Waals surface area contributed by atoms with Crippen molar-refractivity contribution in [2.75, 3.05) is 0 Å². The molecule has 28 heteroatoms. The van der Waals surface area contributed by atoms with E-state index in [0.717, 1.165) is 4.74 Å². The molecule has 4 nitrogen and oxygen atoms in total. The first-order chi connectivity index (χ1) is 16.2. The van der Waals surface area contributed by atoms with Crippen LogP contribution in [0.15, 0.2) is 0 Å². The molecule has 0 amide bonds. The third-order valence-electron chi connectivity index (χ3n) is 4.07. The molecule has 0 fully saturated rings. The summed E-state index contributed by atoms with van der Waals surface area (Å²) in [7, 11) is -8.14. The zero-order chi connectivity index (χ0) is 32.7. The van der Waals surface area contributed by atoms with Gasteiger partial charge in [0, 0.05) is 0 Å². The van der Waals surface area contributed by atoms with Crippen molar-refractivity contribution in [1.29, 1.82) is 0 Å². The Bertz CT molecular complexity index is 1010. The molecule has 0 aliphatic heterocycles. The lowest BCUT2D eigenvalue weighted by atomic mass is 9.93. The van der Waals surface area contributed by atoms with Gasteiger partial charge in [0.1, 0.15) is 0 Å². The molecule has 39 heavy (non-hydrogen) atoms. The van der Waals surface area contributed by atoms with Gasteiger partial charge < -0.3 is 0 Å². The van der Waals surface area contributed by atoms with Crippen LogP contribution >= 0.6 is 0 Å². The lowest BCUT2D eigenvalue weighted by Crippen LogP contribution is -2.75. The van der Waals surface area contributed by atoms with Gasteiger partial charge in [0.05, 0.1) is 0 Å². The molecule has 0 aromatic heterocycles. The minimum absolute atomic E-state index is 0.748. The van der Waals surface area contributed by atoms with E-state index < -0.39 is 75.2 Å². The molecule has 0 bridgehead atoms. The highest BCUT2D eigenvalue weighted by Crippen LogP contribution is 2.64. The quantitative estimate of drug-likeness (QED) is 0.209. The predicted molar refractivity (Wildman–Crippen MR) is 68.2 cm³/mol. The Labute approximate surface area is 195 Å². The summed E-state index contributed by atoms with van der Waals surface area (Å²) < 4.78 is 327. The molecule has 0 rings (SSSR count). The van der Waals surface area contributed by atoms with Crippen molar-refractivity contribution >= 4 is 10.1 Å². The van der Waals surface area contributed by atoms with Crippen LogP contribution in [0.2, 0.25) is 0 Å². The van der Waals surface area contributed by atoms with Gasteiger partial charge in [-0.1, -0.05) is 0 Å². The van der Waals surface area contributed by atoms with Gasteiger partial charge in [-0.05, 0) is 0 Å². The lowest BCUT2D eigenvalue weighted by Gasteiger charge is -2.43. The van der Waals surface area contributed by atoms with Gasteiger partial charge in [0.15, 0.2) is 0 Å². The first kappa shape index (κ1) is 37.3. The summed E-state index contributed by atoms with van der Waals surface area (Å²) >= 11 is 0. The van der Waals surface area contributed by atoms with Crippen LogP contribution < -0.4 is 0 Å². The molecule has 0 aliphatic rings. The van der Waals surface area contributed by atoms with Gasteiger partial charge >= 0.3 is 75.2 Å². The van der Waals surface area contributed by atoms with Crippen molar-refractivity contribution in [1.82, 2.24) is 0 Å². The molecule has 0 radical (unpaired) electrons. The third-order valence-corrected chi connectivity index (χ3v) is 4.98. The SMILES string of the molecule is O=S(=O)(O)C(F)(F)C(F)(F)C(F)(F)C(F)(F)C(F)(F)C(F)(F)C(F)(F)OC(F)(F)C(F)(C(F)(F)F)C(F)(F)F. The van der Waals surface area contributed by atoms with Crippen LogP contribution in [0, 0.1) is 0 Å². The predicted octanol–water partition coefficient (Wildman–Crippen LogP) is 6.68. The summed E-state index contributed by atoms with van der Waals surface area (Å²) in [5.74, 6) is -45.7. The van der Waals surface area contributed by atoms with E-state index in [1.54, 1.807) is 0 Å². The number of hydrogen-bond acceptors (Lipinski definition) is 3. The molecular weight excluding hydrogens is 665 g/mol. The molecule has 0 saturated carbocycles. The first-order valence-electron chi connectivity index (χ1n) is 7.72. The van der Waals surface area contributed by atoms with Crippen molar-refractivity contribution < 1.29 is 119 Å². The molecule has 0 aromatic rings. The summed E-state index contributed by atoms with van der Waals surface area (Å²) in [6.07, 6.45) is -34.1. The fraction of sp³-hybridized carbons (Fsp3) is 1.00. The Morgan fingerprint density at radius 2 is 0.667 bits per heavy atom. The van der Waals surface area contributed by atoms with Crippen LogP contribution in [0.3, 0.4) is 0 Å². The fourth-order valence-corrected chi connectivity index (χ4v) is 2.36. The van der Waals surface area contributed by atoms with E-state index in [-0.39, 0.29) is 0 Å². The lowest BCUT2D eigenvalue weighted by molar-refractivity contribution is -0.527. The van der Waals surface area contributed by atoms with Crippen LogP contribution in [0.4, 0.5) is 101 Å². The number of halogens is 23. The van der Waals surface area contributed by atoms with Crippen LogP contribution in [0.25, 0.3) is 0 Å². The Morgan fingerprint density at radius 1 is 0.410 bits per heavy atom. The Morgan fingerprint density at radius 3 is 0.923 bits per heavy atom. The van der Waals surface area contributed by atoms with Gasteiger partial charge in [0.25, 0.3) is 0 Å². The van der Waals surface area contributed by atoms with Crippen molar-refractivity contribution in [3.63, 3.8) is 0 Å². The summed E-state index contributed by atoms with van der Waals surface area (Å²) in [5, 5.41) is -8.10. The molecule has 0 aliphatic carbocycles. The van der Waals surface area contributed by atoms with E-state index in [2.05, 4.69) is 0 Å². The Hall–Kier alpha value is -1.74. The molecule has 0 atom stereocenters. The number of alkyl halides is 23. The highest BCUT2D eigenvalue weighted by atomic mass is 32.2. The minimum atomic E-state index is -9.34. The van der Waals surface area contributed by atoms with Gasteiger partial charge in [-0.15, -0.1) is 0 Å². The third kappa shape index (κ3) is 4.79. The van der Waals surface area contributed by atoms with Gasteiger partial charge in [0.2, 0.25) is 0 Å². The monoisotopic (exact) mass is 666 g/mol. The largest absolute Gasteiger partial charge is 0.440 e. The summed E-state index contributed by atoms with van der Waals surface area (Å²) in [4.78, 5) is 0. The zero-order valence-electron chi connectivity index (χ0n) is 16.3. The van der Waals surface area contributed by atoms with Gasteiger partial charge in [-0.3, -0.25) is 4.55 Å². The maximum atomic E-state index is 13.4. The zero-order valence-corrected chi connectivity index (χ0v) is 17.1. The van der Waals surface area contributed by atoms with Crippen LogP contribution in [0.5, 0.6) is 0 Å². The van der Waals surface area contributed by atoms with E-state index in [9.17, 15) is 109 Å². The van der Waals surface area contributed by atoms with Gasteiger partial charge in [-0.25, -0.2) is 9.13 Å². The molecule has 0 heterocycles. The van der Waals surface area contributed by atoms with E-state index in [1.165, 1.54) is 0 Å². The fourth-order valence-electron chi connectivity index (χ4n) is 1.91. The highest BCUT2D eigenvalue weighted by molar-refractivity contribution is 7.87. The van der Waals surface area contributed by atoms with Crippen molar-refractivity contribution in [3.8, 4) is 0 Å². The maximum Gasteiger partial charge on any atom is 0.440 e. The second-order valence-corrected chi connectivity index (χ2v) is 8.12. The van der Waals surface area contributed by atoms with E-state index in [4.69, 9.17) is 4.55 Å². The minimum Gasteiger partial charge on any atom is -0.281 e. The van der Waals surface area contributed by atoms with Crippen molar-refractivity contribution in [2.45, 2.75) is 65.1 Å². The van der Waals surface area contributed by atoms with Crippen molar-refractivity contribution in [3.05, 3.63) is 0 Å². The van der Waals surface area contributed by atoms with E-state index in [0.29, 0.717) is 0 Å². The van der Waals surface area contributed by atoms with Gasteiger partial charge in [-0.2, -0.15) is 105 Å². The molecule has 0 saturated heterocycles. The molecule has 1 N–H and O–H groups in total. The molecule has 0 unspecified atom stereocenters. The summed E-state index contributed by atoms with van der Waals surface area (Å²) in [5.41, 5.74) is -8.61. The van der Waals surface area contributed by atoms with Crippen LogP contribution in [0.1, 0.15) is 0 Å². The molecule has 236 valence electrons. The summed E-state index contributed by atoms with van der Waals surface area (Å²) in [6, 6.07) is 0. The van der Waals surface area contributed by atoms with Crippen LogP contribution in [-0.4, -0.2) is 78.1 Å². The second-order valence-electron chi connectivity index (χ2n) is 6.65. The number of ether oxygens (including phenoxy) is 1. The number of hydrogen-bond donors (Lipinski definition) is 1. The molecular formula is C11HF23O4S. The topological polar surface area (TPSA) is 63.6 Å². The Kier molecular flexibility index (Phi) is 8.48. The molecule has 0 aromatic carbocycles. The maximum absolute atomic E-state index is 13.4. The first-order valence-corrected chi connectivity index (χ1v) is 9.16. The van der Waals surface area contributed by atoms with Crippen LogP contribution in [-0.2, 0) is 14.9 Å². The average molecular weight is 666 g/mol. The second kappa shape index (κ2) is 8.88. The standard InChI is InChI=1S/C11HF23O4S/c12-1(7(23,24)25,8(26,27)28)9(29,30)38-10(31,32)5(19,20)3(15,16)2(13,14)4(17,18)6(21,22)11(33,34)39(35,36)37/h(H,35,36,37). The smallest absolute Gasteiger partial charge is 0.281 e. The average Bonchev–Trinajstić information content (AvgIpc) is 2.62.